The molecule has 0 aromatic heterocycles. The number of anilines is 1. The Morgan fingerprint density at radius 3 is 2.62 bits per heavy atom. The molecule has 2 aromatic carbocycles. The predicted octanol–water partition coefficient (Wildman–Crippen LogP) is 3.71. The molecule has 8 heteroatoms. The molecule has 126 valence electrons. The highest BCUT2D eigenvalue weighted by atomic mass is 35.5. The van der Waals surface area contributed by atoms with Crippen molar-refractivity contribution < 1.29 is 13.2 Å². The number of hydrogen-bond donors (Lipinski definition) is 2. The van der Waals surface area contributed by atoms with Crippen LogP contribution in [0.15, 0.2) is 60.0 Å². The predicted molar refractivity (Wildman–Crippen MR) is 96.2 cm³/mol. The van der Waals surface area contributed by atoms with Crippen LogP contribution in [0, 0.1) is 0 Å². The van der Waals surface area contributed by atoms with E-state index >= 15 is 0 Å². The first kappa shape index (κ1) is 18.5. The minimum absolute atomic E-state index is 0.0193. The lowest BCUT2D eigenvalue weighted by Gasteiger charge is -2.09. The maximum absolute atomic E-state index is 12.3. The van der Waals surface area contributed by atoms with Gasteiger partial charge in [-0.2, -0.15) is 0 Å². The number of halogens is 2. The second-order valence-corrected chi connectivity index (χ2v) is 7.36. The van der Waals surface area contributed by atoms with Crippen molar-refractivity contribution in [2.24, 2.45) is 0 Å². The molecule has 0 bridgehead atoms. The van der Waals surface area contributed by atoms with Crippen LogP contribution in [-0.2, 0) is 10.0 Å². The lowest BCUT2D eigenvalue weighted by Crippen LogP contribution is -2.24. The first-order valence-corrected chi connectivity index (χ1v) is 9.04. The maximum atomic E-state index is 12.3. The van der Waals surface area contributed by atoms with Gasteiger partial charge in [0.05, 0.1) is 15.6 Å². The monoisotopic (exact) mass is 384 g/mol. The summed E-state index contributed by atoms with van der Waals surface area (Å²) in [6.07, 6.45) is 1.43. The molecule has 1 amide bonds. The van der Waals surface area contributed by atoms with Crippen LogP contribution >= 0.6 is 23.2 Å². The molecule has 0 aliphatic carbocycles. The minimum atomic E-state index is -3.71. The summed E-state index contributed by atoms with van der Waals surface area (Å²) in [6, 6.07) is 10.3. The number of carbonyl (C=O) groups is 1. The average Bonchev–Trinajstić information content (AvgIpc) is 2.56. The third-order valence-electron chi connectivity index (χ3n) is 3.00. The number of hydrogen-bond acceptors (Lipinski definition) is 3. The normalized spacial score (nSPS) is 11.1. The fourth-order valence-corrected chi connectivity index (χ4v) is 3.22. The van der Waals surface area contributed by atoms with Gasteiger partial charge in [0.15, 0.2) is 0 Å². The molecule has 0 radical (unpaired) electrons. The van der Waals surface area contributed by atoms with Gasteiger partial charge < -0.3 is 5.32 Å². The van der Waals surface area contributed by atoms with Crippen LogP contribution in [0.25, 0.3) is 0 Å². The number of rotatable bonds is 6. The van der Waals surface area contributed by atoms with E-state index in [2.05, 4.69) is 16.6 Å². The topological polar surface area (TPSA) is 75.3 Å². The average molecular weight is 385 g/mol. The molecular formula is C16H14Cl2N2O3S. The van der Waals surface area contributed by atoms with Crippen LogP contribution in [0.2, 0.25) is 10.0 Å². The Labute approximate surface area is 150 Å². The van der Waals surface area contributed by atoms with Crippen molar-refractivity contribution >= 4 is 44.8 Å². The van der Waals surface area contributed by atoms with Crippen molar-refractivity contribution in [2.45, 2.75) is 4.90 Å². The number of carbonyl (C=O) groups excluding carboxylic acids is 1. The molecule has 0 aliphatic heterocycles. The fourth-order valence-electron chi connectivity index (χ4n) is 1.84. The second-order valence-electron chi connectivity index (χ2n) is 4.75. The maximum Gasteiger partial charge on any atom is 0.255 e. The first-order valence-electron chi connectivity index (χ1n) is 6.80. The van der Waals surface area contributed by atoms with Gasteiger partial charge in [-0.3, -0.25) is 4.79 Å². The molecule has 0 saturated carbocycles. The van der Waals surface area contributed by atoms with E-state index in [-0.39, 0.29) is 17.0 Å². The van der Waals surface area contributed by atoms with E-state index in [0.717, 1.165) is 0 Å². The van der Waals surface area contributed by atoms with Gasteiger partial charge in [-0.15, -0.1) is 6.58 Å². The van der Waals surface area contributed by atoms with Crippen LogP contribution in [0.1, 0.15) is 10.4 Å². The first-order chi connectivity index (χ1) is 11.3. The number of sulfonamides is 1. The Morgan fingerprint density at radius 2 is 1.92 bits per heavy atom. The van der Waals surface area contributed by atoms with E-state index in [1.165, 1.54) is 36.4 Å². The Kier molecular flexibility index (Phi) is 6.01. The van der Waals surface area contributed by atoms with Crippen LogP contribution < -0.4 is 10.0 Å². The SMILES string of the molecule is C=CCNS(=O)(=O)c1cccc(C(=O)Nc2cc(Cl)ccc2Cl)c1. The molecule has 2 N–H and O–H groups in total. The number of nitrogens with one attached hydrogen (secondary N) is 2. The summed E-state index contributed by atoms with van der Waals surface area (Å²) in [6.45, 7) is 3.55. The summed E-state index contributed by atoms with van der Waals surface area (Å²) < 4.78 is 26.5. The Balaban J connectivity index is 2.26. The van der Waals surface area contributed by atoms with Gasteiger partial charge in [-0.25, -0.2) is 13.1 Å². The van der Waals surface area contributed by atoms with Crippen LogP contribution in [-0.4, -0.2) is 20.9 Å². The molecule has 0 heterocycles. The fraction of sp³-hybridized carbons (Fsp3) is 0.0625. The molecular weight excluding hydrogens is 371 g/mol. The van der Waals surface area contributed by atoms with E-state index in [1.54, 1.807) is 12.1 Å². The molecule has 2 rings (SSSR count). The van der Waals surface area contributed by atoms with Gasteiger partial charge in [0.2, 0.25) is 10.0 Å². The van der Waals surface area contributed by atoms with Crippen molar-refractivity contribution in [3.63, 3.8) is 0 Å². The zero-order valence-corrected chi connectivity index (χ0v) is 14.8. The highest BCUT2D eigenvalue weighted by molar-refractivity contribution is 7.89. The second kappa shape index (κ2) is 7.81. The minimum Gasteiger partial charge on any atom is -0.321 e. The van der Waals surface area contributed by atoms with Crippen LogP contribution in [0.5, 0.6) is 0 Å². The summed E-state index contributed by atoms with van der Waals surface area (Å²) in [5.74, 6) is -0.500. The Bertz CT molecular complexity index is 883. The number of amides is 1. The third-order valence-corrected chi connectivity index (χ3v) is 4.99. The van der Waals surface area contributed by atoms with Crippen molar-refractivity contribution in [3.8, 4) is 0 Å². The molecule has 0 spiro atoms. The summed E-state index contributed by atoms with van der Waals surface area (Å²) >= 11 is 11.9. The van der Waals surface area contributed by atoms with Gasteiger partial charge in [0, 0.05) is 17.1 Å². The van der Waals surface area contributed by atoms with Gasteiger partial charge in [-0.05, 0) is 36.4 Å². The van der Waals surface area contributed by atoms with E-state index < -0.39 is 15.9 Å². The van der Waals surface area contributed by atoms with Gasteiger partial charge in [0.25, 0.3) is 5.91 Å². The molecule has 0 unspecified atom stereocenters. The van der Waals surface area contributed by atoms with Crippen molar-refractivity contribution in [1.29, 1.82) is 0 Å². The third kappa shape index (κ3) is 4.58. The lowest BCUT2D eigenvalue weighted by molar-refractivity contribution is 0.102. The zero-order valence-electron chi connectivity index (χ0n) is 12.4. The van der Waals surface area contributed by atoms with E-state index in [9.17, 15) is 13.2 Å². The molecule has 0 atom stereocenters. The van der Waals surface area contributed by atoms with Crippen LogP contribution in [0.4, 0.5) is 5.69 Å². The van der Waals surface area contributed by atoms with Crippen molar-refractivity contribution in [1.82, 2.24) is 4.72 Å². The molecule has 0 fully saturated rings. The summed E-state index contributed by atoms with van der Waals surface area (Å²) in [5.41, 5.74) is 0.514. The quantitative estimate of drug-likeness (QED) is 0.745. The van der Waals surface area contributed by atoms with Crippen molar-refractivity contribution in [3.05, 3.63) is 70.7 Å². The summed E-state index contributed by atoms with van der Waals surface area (Å²) in [5, 5.41) is 3.34. The molecule has 0 saturated heterocycles. The van der Waals surface area contributed by atoms with E-state index in [1.807, 2.05) is 0 Å². The van der Waals surface area contributed by atoms with Gasteiger partial charge >= 0.3 is 0 Å². The number of benzene rings is 2. The zero-order chi connectivity index (χ0) is 17.7. The summed E-state index contributed by atoms with van der Waals surface area (Å²) in [4.78, 5) is 12.3. The van der Waals surface area contributed by atoms with Crippen LogP contribution in [0.3, 0.4) is 0 Å². The largest absolute Gasteiger partial charge is 0.321 e. The van der Waals surface area contributed by atoms with Gasteiger partial charge in [-0.1, -0.05) is 35.3 Å². The van der Waals surface area contributed by atoms with Gasteiger partial charge in [0.1, 0.15) is 0 Å². The molecule has 24 heavy (non-hydrogen) atoms. The lowest BCUT2D eigenvalue weighted by atomic mass is 10.2. The Hall–Kier alpha value is -1.86. The van der Waals surface area contributed by atoms with Crippen molar-refractivity contribution in [2.75, 3.05) is 11.9 Å². The highest BCUT2D eigenvalue weighted by Gasteiger charge is 2.16. The summed E-state index contributed by atoms with van der Waals surface area (Å²) in [7, 11) is -3.71. The molecule has 0 aliphatic rings. The standard InChI is InChI=1S/C16H14Cl2N2O3S/c1-2-8-19-24(22,23)13-5-3-4-11(9-13)16(21)20-15-10-12(17)6-7-14(15)18/h2-7,9-10,19H,1,8H2,(H,20,21). The molecule has 5 nitrogen and oxygen atoms in total. The highest BCUT2D eigenvalue weighted by Crippen LogP contribution is 2.26. The Morgan fingerprint density at radius 1 is 1.17 bits per heavy atom. The molecule has 2 aromatic rings. The van der Waals surface area contributed by atoms with E-state index in [0.29, 0.717) is 15.7 Å². The smallest absolute Gasteiger partial charge is 0.255 e. The van der Waals surface area contributed by atoms with E-state index in [4.69, 9.17) is 23.2 Å².